The molecule has 0 saturated carbocycles. The van der Waals surface area contributed by atoms with Crippen LogP contribution in [0.25, 0.3) is 0 Å². The highest BCUT2D eigenvalue weighted by atomic mass is 127. The Morgan fingerprint density at radius 2 is 2.42 bits per heavy atom. The molecule has 0 amide bonds. The van der Waals surface area contributed by atoms with Crippen LogP contribution in [0.1, 0.15) is 11.1 Å². The van der Waals surface area contributed by atoms with E-state index in [0.29, 0.717) is 6.61 Å². The molecule has 2 rings (SSSR count). The van der Waals surface area contributed by atoms with Gasteiger partial charge in [0, 0.05) is 0 Å². The molecular weight excluding hydrogens is 266 g/mol. The van der Waals surface area contributed by atoms with E-state index in [-0.39, 0.29) is 7.12 Å². The van der Waals surface area contributed by atoms with Crippen LogP contribution < -0.4 is 5.46 Å². The maximum Gasteiger partial charge on any atom is 0.503 e. The van der Waals surface area contributed by atoms with Gasteiger partial charge in [-0.2, -0.15) is 0 Å². The van der Waals surface area contributed by atoms with Crippen LogP contribution in [-0.4, -0.2) is 7.12 Å². The van der Waals surface area contributed by atoms with Gasteiger partial charge in [-0.05, 0) is 17.9 Å². The molecule has 0 saturated heterocycles. The van der Waals surface area contributed by atoms with E-state index in [4.69, 9.17) is 7.64 Å². The summed E-state index contributed by atoms with van der Waals surface area (Å²) < 4.78 is 10.5. The minimum Gasteiger partial charge on any atom is -0.403 e. The molecule has 1 aromatic rings. The Labute approximate surface area is 86.1 Å². The molecule has 0 aromatic heterocycles. The van der Waals surface area contributed by atoms with E-state index < -0.39 is 0 Å². The lowest BCUT2D eigenvalue weighted by Gasteiger charge is -2.00. The second kappa shape index (κ2) is 3.36. The molecule has 0 atom stereocenters. The Balaban J connectivity index is 2.40. The zero-order chi connectivity index (χ0) is 8.55. The van der Waals surface area contributed by atoms with Gasteiger partial charge in [-0.3, -0.25) is 0 Å². The van der Waals surface area contributed by atoms with E-state index in [2.05, 4.69) is 25.1 Å². The maximum absolute atomic E-state index is 5.40. The Morgan fingerprint density at radius 1 is 1.58 bits per heavy atom. The van der Waals surface area contributed by atoms with Crippen molar-refractivity contribution in [3.63, 3.8) is 0 Å². The summed E-state index contributed by atoms with van der Waals surface area (Å²) in [5, 5.41) is 0. The Bertz CT molecular complexity index is 303. The number of rotatable bonds is 1. The number of halogens is 1. The molecule has 1 aliphatic rings. The smallest absolute Gasteiger partial charge is 0.403 e. The van der Waals surface area contributed by atoms with Gasteiger partial charge >= 0.3 is 7.12 Å². The number of aryl methyl sites for hydroxylation is 1. The molecule has 0 spiro atoms. The van der Waals surface area contributed by atoms with Gasteiger partial charge in [-0.15, -0.1) is 0 Å². The van der Waals surface area contributed by atoms with E-state index in [1.54, 1.807) is 0 Å². The summed E-state index contributed by atoms with van der Waals surface area (Å²) in [6.07, 6.45) is 0. The first-order chi connectivity index (χ1) is 5.81. The second-order valence-corrected chi connectivity index (χ2v) is 3.44. The molecule has 1 aromatic carbocycles. The first-order valence-corrected chi connectivity index (χ1v) is 4.68. The zero-order valence-corrected chi connectivity index (χ0v) is 8.87. The highest BCUT2D eigenvalue weighted by molar-refractivity contribution is 14.1. The normalized spacial score (nSPS) is 15.0. The lowest BCUT2D eigenvalue weighted by molar-refractivity contribution is 0.297. The molecule has 62 valence electrons. The van der Waals surface area contributed by atoms with Crippen LogP contribution in [-0.2, 0) is 14.2 Å². The van der Waals surface area contributed by atoms with Gasteiger partial charge in [0.1, 0.15) is 0 Å². The molecule has 1 aliphatic heterocycles. The molecule has 2 nitrogen and oxygen atoms in total. The quantitative estimate of drug-likeness (QED) is 0.572. The van der Waals surface area contributed by atoms with Crippen LogP contribution >= 0.6 is 23.0 Å². The third kappa shape index (κ3) is 1.38. The highest BCUT2D eigenvalue weighted by Crippen LogP contribution is 2.14. The fraction of sp³-hybridized carbons (Fsp3) is 0.250. The summed E-state index contributed by atoms with van der Waals surface area (Å²) in [5.74, 6) is 0. The van der Waals surface area contributed by atoms with Crippen molar-refractivity contribution in [1.82, 2.24) is 0 Å². The fourth-order valence-electron chi connectivity index (χ4n) is 1.42. The van der Waals surface area contributed by atoms with Crippen molar-refractivity contribution in [1.29, 1.82) is 0 Å². The lowest BCUT2D eigenvalue weighted by Crippen LogP contribution is -2.28. The molecule has 0 aliphatic carbocycles. The molecule has 12 heavy (non-hydrogen) atoms. The van der Waals surface area contributed by atoms with E-state index in [1.165, 1.54) is 11.1 Å². The van der Waals surface area contributed by atoms with E-state index in [9.17, 15) is 0 Å². The van der Waals surface area contributed by atoms with Crippen molar-refractivity contribution in [2.45, 2.75) is 13.5 Å². The summed E-state index contributed by atoms with van der Waals surface area (Å²) in [6, 6.07) is 6.29. The highest BCUT2D eigenvalue weighted by Gasteiger charge is 2.29. The summed E-state index contributed by atoms with van der Waals surface area (Å²) in [4.78, 5) is 0. The fourth-order valence-corrected chi connectivity index (χ4v) is 1.84. The second-order valence-electron chi connectivity index (χ2n) is 2.93. The van der Waals surface area contributed by atoms with Crippen molar-refractivity contribution >= 4 is 35.6 Å². The Hall–Kier alpha value is -0.0651. The topological polar surface area (TPSA) is 18.5 Å². The first-order valence-electron chi connectivity index (χ1n) is 3.79. The van der Waals surface area contributed by atoms with E-state index >= 15 is 0 Å². The molecule has 0 N–H and O–H groups in total. The van der Waals surface area contributed by atoms with Crippen LogP contribution in [0.2, 0.25) is 0 Å². The minimum absolute atomic E-state index is 0.166. The van der Waals surface area contributed by atoms with Gasteiger partial charge in [-0.25, -0.2) is 0 Å². The summed E-state index contributed by atoms with van der Waals surface area (Å²) in [6.45, 7) is 2.75. The van der Waals surface area contributed by atoms with Gasteiger partial charge in [-0.1, -0.05) is 23.8 Å². The standard InChI is InChI=1S/C8H8BIO2/c1-6-2-3-8-7(4-6)5-11-9(8)12-10/h2-4H,5H2,1H3. The van der Waals surface area contributed by atoms with Crippen molar-refractivity contribution < 1.29 is 7.64 Å². The molecule has 4 heteroatoms. The Kier molecular flexibility index (Phi) is 2.39. The number of benzene rings is 1. The van der Waals surface area contributed by atoms with Gasteiger partial charge in [0.2, 0.25) is 0 Å². The monoisotopic (exact) mass is 274 g/mol. The molecule has 1 heterocycles. The maximum atomic E-state index is 5.40. The number of hydrogen-bond acceptors (Lipinski definition) is 2. The minimum atomic E-state index is -0.166. The predicted molar refractivity (Wildman–Crippen MR) is 56.5 cm³/mol. The van der Waals surface area contributed by atoms with Crippen LogP contribution in [0.4, 0.5) is 0 Å². The van der Waals surface area contributed by atoms with Gasteiger partial charge in [0.25, 0.3) is 0 Å². The van der Waals surface area contributed by atoms with Gasteiger partial charge < -0.3 is 7.64 Å². The molecule has 0 fully saturated rings. The van der Waals surface area contributed by atoms with Crippen LogP contribution in [0.15, 0.2) is 18.2 Å². The summed E-state index contributed by atoms with van der Waals surface area (Å²) >= 11 is 1.87. The predicted octanol–water partition coefficient (Wildman–Crippen LogP) is 1.59. The van der Waals surface area contributed by atoms with E-state index in [1.807, 2.05) is 23.0 Å². The molecule has 0 radical (unpaired) electrons. The van der Waals surface area contributed by atoms with Crippen LogP contribution in [0.5, 0.6) is 0 Å². The average Bonchev–Trinajstić information content (AvgIpc) is 2.46. The summed E-state index contributed by atoms with van der Waals surface area (Å²) in [5.41, 5.74) is 3.68. The van der Waals surface area contributed by atoms with E-state index in [0.717, 1.165) is 5.46 Å². The number of hydrogen-bond donors (Lipinski definition) is 0. The molecule has 0 unspecified atom stereocenters. The third-order valence-electron chi connectivity index (χ3n) is 2.02. The molecular formula is C8H8BIO2. The van der Waals surface area contributed by atoms with Crippen LogP contribution in [0.3, 0.4) is 0 Å². The number of fused-ring (bicyclic) bond motifs is 1. The average molecular weight is 274 g/mol. The summed E-state index contributed by atoms with van der Waals surface area (Å²) in [7, 11) is -0.166. The zero-order valence-electron chi connectivity index (χ0n) is 6.71. The van der Waals surface area contributed by atoms with Gasteiger partial charge in [0.05, 0.1) is 29.6 Å². The van der Waals surface area contributed by atoms with Crippen molar-refractivity contribution in [3.8, 4) is 0 Å². The van der Waals surface area contributed by atoms with Crippen molar-refractivity contribution in [2.75, 3.05) is 0 Å². The van der Waals surface area contributed by atoms with Gasteiger partial charge in [0.15, 0.2) is 0 Å². The third-order valence-corrected chi connectivity index (χ3v) is 2.49. The van der Waals surface area contributed by atoms with Crippen LogP contribution in [0, 0.1) is 6.92 Å². The Morgan fingerprint density at radius 3 is 3.17 bits per heavy atom. The first kappa shape index (κ1) is 8.53. The lowest BCUT2D eigenvalue weighted by atomic mass is 9.79. The van der Waals surface area contributed by atoms with Crippen molar-refractivity contribution in [2.24, 2.45) is 0 Å². The van der Waals surface area contributed by atoms with Crippen molar-refractivity contribution in [3.05, 3.63) is 29.3 Å². The largest absolute Gasteiger partial charge is 0.503 e. The molecule has 0 bridgehead atoms. The SMILES string of the molecule is Cc1ccc2c(c1)COB2OI.